The van der Waals surface area contributed by atoms with Crippen molar-refractivity contribution < 1.29 is 4.79 Å². The first-order valence-electron chi connectivity index (χ1n) is 8.23. The highest BCUT2D eigenvalue weighted by Gasteiger charge is 2.23. The Hall–Kier alpha value is -2.69. The van der Waals surface area contributed by atoms with Crippen LogP contribution in [0.1, 0.15) is 29.9 Å². The van der Waals surface area contributed by atoms with Crippen molar-refractivity contribution in [2.45, 2.75) is 25.7 Å². The third-order valence-corrected chi connectivity index (χ3v) is 4.42. The fourth-order valence-corrected chi connectivity index (χ4v) is 3.09. The molecule has 3 heterocycles. The van der Waals surface area contributed by atoms with Crippen molar-refractivity contribution in [2.75, 3.05) is 18.4 Å². The second-order valence-corrected chi connectivity index (χ2v) is 6.10. The number of hydrogen-bond donors (Lipinski definition) is 1. The van der Waals surface area contributed by atoms with Crippen molar-refractivity contribution in [3.8, 4) is 0 Å². The van der Waals surface area contributed by atoms with E-state index in [0.29, 0.717) is 5.92 Å². The van der Waals surface area contributed by atoms with Crippen LogP contribution in [0.2, 0.25) is 0 Å². The molecular formula is C19H22N4O. The minimum absolute atomic E-state index is 0.0104. The third kappa shape index (κ3) is 3.62. The Bertz CT molecular complexity index is 744. The number of carbonyl (C=O) groups is 1. The Morgan fingerprint density at radius 1 is 1.38 bits per heavy atom. The molecule has 0 aromatic carbocycles. The molecule has 1 saturated heterocycles. The van der Waals surface area contributed by atoms with Gasteiger partial charge in [-0.15, -0.1) is 0 Å². The van der Waals surface area contributed by atoms with Gasteiger partial charge in [0.05, 0.1) is 0 Å². The van der Waals surface area contributed by atoms with Gasteiger partial charge in [0.15, 0.2) is 0 Å². The third-order valence-electron chi connectivity index (χ3n) is 4.42. The van der Waals surface area contributed by atoms with Gasteiger partial charge in [0.25, 0.3) is 0 Å². The lowest BCUT2D eigenvalue weighted by atomic mass is 9.91. The number of pyridine rings is 2. The topological polar surface area (TPSA) is 58.1 Å². The van der Waals surface area contributed by atoms with Crippen LogP contribution in [0.25, 0.3) is 0 Å². The van der Waals surface area contributed by atoms with E-state index in [9.17, 15) is 4.79 Å². The number of nitrogens with one attached hydrogen (secondary N) is 1. The molecule has 124 valence electrons. The molecule has 0 saturated carbocycles. The van der Waals surface area contributed by atoms with E-state index in [4.69, 9.17) is 0 Å². The SMILES string of the molecule is C=CC(=O)N1CCC[C@@H](c2ccnc(Nc3ncccc3C)c2)C1. The van der Waals surface area contributed by atoms with Crippen molar-refractivity contribution in [1.29, 1.82) is 0 Å². The van der Waals surface area contributed by atoms with Crippen LogP contribution in [0.4, 0.5) is 11.6 Å². The summed E-state index contributed by atoms with van der Waals surface area (Å²) in [6.45, 7) is 7.14. The van der Waals surface area contributed by atoms with Crippen molar-refractivity contribution >= 4 is 17.5 Å². The summed E-state index contributed by atoms with van der Waals surface area (Å²) in [5.74, 6) is 1.93. The molecule has 1 fully saturated rings. The van der Waals surface area contributed by atoms with Crippen LogP contribution in [0.5, 0.6) is 0 Å². The number of anilines is 2. The summed E-state index contributed by atoms with van der Waals surface area (Å²) in [6.07, 6.45) is 7.05. The summed E-state index contributed by atoms with van der Waals surface area (Å²) in [5, 5.41) is 3.28. The fourth-order valence-electron chi connectivity index (χ4n) is 3.09. The van der Waals surface area contributed by atoms with Crippen molar-refractivity contribution in [2.24, 2.45) is 0 Å². The molecule has 3 rings (SSSR count). The Morgan fingerprint density at radius 3 is 3.04 bits per heavy atom. The molecule has 1 amide bonds. The van der Waals surface area contributed by atoms with Gasteiger partial charge in [-0.1, -0.05) is 12.6 Å². The average molecular weight is 322 g/mol. The first-order chi connectivity index (χ1) is 11.7. The van der Waals surface area contributed by atoms with E-state index in [1.807, 2.05) is 36.2 Å². The van der Waals surface area contributed by atoms with E-state index < -0.39 is 0 Å². The van der Waals surface area contributed by atoms with Crippen LogP contribution < -0.4 is 5.32 Å². The van der Waals surface area contributed by atoms with Gasteiger partial charge < -0.3 is 10.2 Å². The molecule has 1 aliphatic heterocycles. The molecule has 1 N–H and O–H groups in total. The Labute approximate surface area is 142 Å². The van der Waals surface area contributed by atoms with Gasteiger partial charge in [-0.3, -0.25) is 4.79 Å². The molecular weight excluding hydrogens is 300 g/mol. The van der Waals surface area contributed by atoms with Gasteiger partial charge in [0.1, 0.15) is 11.6 Å². The van der Waals surface area contributed by atoms with Crippen LogP contribution in [-0.2, 0) is 4.79 Å². The number of likely N-dealkylation sites (tertiary alicyclic amines) is 1. The van der Waals surface area contributed by atoms with Gasteiger partial charge in [0.2, 0.25) is 5.91 Å². The monoisotopic (exact) mass is 322 g/mol. The minimum atomic E-state index is 0.0104. The molecule has 0 spiro atoms. The molecule has 0 unspecified atom stereocenters. The van der Waals surface area contributed by atoms with Gasteiger partial charge in [-0.25, -0.2) is 9.97 Å². The maximum atomic E-state index is 11.9. The second-order valence-electron chi connectivity index (χ2n) is 6.10. The number of rotatable bonds is 4. The van der Waals surface area contributed by atoms with Crippen molar-refractivity contribution in [1.82, 2.24) is 14.9 Å². The summed E-state index contributed by atoms with van der Waals surface area (Å²) in [7, 11) is 0. The Morgan fingerprint density at radius 2 is 2.25 bits per heavy atom. The fraction of sp³-hybridized carbons (Fsp3) is 0.316. The molecule has 5 heteroatoms. The average Bonchev–Trinajstić information content (AvgIpc) is 2.63. The van der Waals surface area contributed by atoms with Crippen LogP contribution >= 0.6 is 0 Å². The molecule has 0 bridgehead atoms. The van der Waals surface area contributed by atoms with Gasteiger partial charge in [-0.05, 0) is 55.2 Å². The van der Waals surface area contributed by atoms with E-state index in [0.717, 1.165) is 43.1 Å². The van der Waals surface area contributed by atoms with Crippen LogP contribution in [0.3, 0.4) is 0 Å². The standard InChI is InChI=1S/C19H22N4O/c1-3-18(24)23-11-5-7-16(13-23)15-8-10-20-17(12-15)22-19-14(2)6-4-9-21-19/h3-4,6,8-10,12,16H,1,5,7,11,13H2,2H3,(H,20,21,22)/t16-/m1/s1. The number of carbonyl (C=O) groups excluding carboxylic acids is 1. The van der Waals surface area contributed by atoms with Crippen molar-refractivity contribution in [3.05, 3.63) is 60.4 Å². The molecule has 5 nitrogen and oxygen atoms in total. The highest BCUT2D eigenvalue weighted by molar-refractivity contribution is 5.87. The number of hydrogen-bond acceptors (Lipinski definition) is 4. The maximum Gasteiger partial charge on any atom is 0.245 e. The van der Waals surface area contributed by atoms with Crippen LogP contribution in [-0.4, -0.2) is 33.9 Å². The summed E-state index contributed by atoms with van der Waals surface area (Å²) < 4.78 is 0. The van der Waals surface area contributed by atoms with Gasteiger partial charge >= 0.3 is 0 Å². The van der Waals surface area contributed by atoms with E-state index in [2.05, 4.69) is 27.9 Å². The number of amides is 1. The zero-order valence-electron chi connectivity index (χ0n) is 13.9. The first-order valence-corrected chi connectivity index (χ1v) is 8.23. The maximum absolute atomic E-state index is 11.9. The predicted octanol–water partition coefficient (Wildman–Crippen LogP) is 3.42. The molecule has 1 atom stereocenters. The molecule has 2 aromatic heterocycles. The minimum Gasteiger partial charge on any atom is -0.339 e. The Balaban J connectivity index is 1.76. The summed E-state index contributed by atoms with van der Waals surface area (Å²) in [5.41, 5.74) is 2.27. The number of aryl methyl sites for hydroxylation is 1. The lowest BCUT2D eigenvalue weighted by Gasteiger charge is -2.32. The zero-order valence-corrected chi connectivity index (χ0v) is 13.9. The van der Waals surface area contributed by atoms with E-state index >= 15 is 0 Å². The quantitative estimate of drug-likeness (QED) is 0.876. The van der Waals surface area contributed by atoms with Crippen LogP contribution in [0, 0.1) is 6.92 Å². The van der Waals surface area contributed by atoms with Gasteiger partial charge in [0, 0.05) is 31.4 Å². The second kappa shape index (κ2) is 7.25. The number of piperidine rings is 1. The smallest absolute Gasteiger partial charge is 0.245 e. The lowest BCUT2D eigenvalue weighted by Crippen LogP contribution is -2.38. The molecule has 24 heavy (non-hydrogen) atoms. The largest absolute Gasteiger partial charge is 0.339 e. The number of nitrogens with zero attached hydrogens (tertiary/aromatic N) is 3. The summed E-state index contributed by atoms with van der Waals surface area (Å²) in [4.78, 5) is 22.5. The van der Waals surface area contributed by atoms with E-state index in [1.54, 1.807) is 6.20 Å². The van der Waals surface area contributed by atoms with E-state index in [-0.39, 0.29) is 5.91 Å². The summed E-state index contributed by atoms with van der Waals surface area (Å²) >= 11 is 0. The number of aromatic nitrogens is 2. The molecule has 2 aromatic rings. The van der Waals surface area contributed by atoms with E-state index in [1.165, 1.54) is 11.6 Å². The highest BCUT2D eigenvalue weighted by Crippen LogP contribution is 2.28. The van der Waals surface area contributed by atoms with Crippen LogP contribution in [0.15, 0.2) is 49.3 Å². The predicted molar refractivity (Wildman–Crippen MR) is 95.2 cm³/mol. The van der Waals surface area contributed by atoms with Crippen molar-refractivity contribution in [3.63, 3.8) is 0 Å². The first kappa shape index (κ1) is 16.2. The molecule has 0 aliphatic carbocycles. The lowest BCUT2D eigenvalue weighted by molar-refractivity contribution is -0.127. The zero-order chi connectivity index (χ0) is 16.9. The molecule has 1 aliphatic rings. The molecule has 0 radical (unpaired) electrons. The normalized spacial score (nSPS) is 17.4. The van der Waals surface area contributed by atoms with Gasteiger partial charge in [-0.2, -0.15) is 0 Å². The Kier molecular flexibility index (Phi) is 4.89. The highest BCUT2D eigenvalue weighted by atomic mass is 16.2. The summed E-state index contributed by atoms with van der Waals surface area (Å²) in [6, 6.07) is 8.01.